The van der Waals surface area contributed by atoms with Gasteiger partial charge in [-0.05, 0) is 49.7 Å². The maximum atomic E-state index is 6.79. The van der Waals surface area contributed by atoms with Crippen LogP contribution in [0.15, 0.2) is 36.4 Å². The number of benzene rings is 2. The molecule has 0 aromatic heterocycles. The highest BCUT2D eigenvalue weighted by atomic mass is 27.2. The molecule has 0 aliphatic carbocycles. The summed E-state index contributed by atoms with van der Waals surface area (Å²) in [6.45, 7) is 27.0. The van der Waals surface area contributed by atoms with Crippen LogP contribution in [0.5, 0.6) is 11.5 Å². The van der Waals surface area contributed by atoms with Gasteiger partial charge in [0.25, 0.3) is 0 Å². The minimum Gasteiger partial charge on any atom is -0.611 e. The molecule has 2 aromatic carbocycles. The zero-order chi connectivity index (χ0) is 24.7. The first-order chi connectivity index (χ1) is 14.3. The molecular weight excluding hydrogens is 407 g/mol. The van der Waals surface area contributed by atoms with Crippen molar-refractivity contribution < 1.29 is 7.58 Å². The van der Waals surface area contributed by atoms with E-state index in [2.05, 4.69) is 125 Å². The van der Waals surface area contributed by atoms with Gasteiger partial charge >= 0.3 is 14.8 Å². The third-order valence-electron chi connectivity index (χ3n) is 5.83. The third-order valence-corrected chi connectivity index (χ3v) is 6.97. The van der Waals surface area contributed by atoms with Crippen LogP contribution in [0, 0.1) is 0 Å². The Bertz CT molecular complexity index is 790. The Morgan fingerprint density at radius 1 is 0.469 bits per heavy atom. The van der Waals surface area contributed by atoms with Gasteiger partial charge in [0.15, 0.2) is 0 Å². The zero-order valence-electron chi connectivity index (χ0n) is 22.9. The van der Waals surface area contributed by atoms with Gasteiger partial charge < -0.3 is 7.58 Å². The van der Waals surface area contributed by atoms with Crippen LogP contribution in [0.3, 0.4) is 0 Å². The average molecular weight is 453 g/mol. The molecule has 32 heavy (non-hydrogen) atoms. The summed E-state index contributed by atoms with van der Waals surface area (Å²) in [5.74, 6) is 4.17. The Morgan fingerprint density at radius 3 is 0.875 bits per heavy atom. The highest BCUT2D eigenvalue weighted by molar-refractivity contribution is 6.44. The van der Waals surface area contributed by atoms with Crippen molar-refractivity contribution >= 4 is 14.8 Å². The second-order valence-corrected chi connectivity index (χ2v) is 14.8. The molecule has 0 N–H and O–H groups in total. The van der Waals surface area contributed by atoms with E-state index in [0.29, 0.717) is 0 Å². The van der Waals surface area contributed by atoms with Gasteiger partial charge in [0, 0.05) is 0 Å². The minimum absolute atomic E-state index is 0.00933. The molecule has 2 nitrogen and oxygen atoms in total. The third kappa shape index (κ3) is 6.33. The molecule has 0 amide bonds. The van der Waals surface area contributed by atoms with Gasteiger partial charge in [-0.1, -0.05) is 119 Å². The van der Waals surface area contributed by atoms with Gasteiger partial charge in [-0.25, -0.2) is 0 Å². The SMILES string of the molecule is [CH3][Al]([O]c1c(C(C)(C)C)cccc1C(C)(C)C)[O]c1c(C(C)(C)C)cccc1C(C)(C)C. The predicted octanol–water partition coefficient (Wildman–Crippen LogP) is 8.45. The summed E-state index contributed by atoms with van der Waals surface area (Å²) in [6, 6.07) is 13.1. The first kappa shape index (κ1) is 26.8. The lowest BCUT2D eigenvalue weighted by molar-refractivity contribution is 0.393. The maximum Gasteiger partial charge on any atom is 0.853 e. The summed E-state index contributed by atoms with van der Waals surface area (Å²) >= 11 is -2.06. The van der Waals surface area contributed by atoms with Crippen molar-refractivity contribution in [2.24, 2.45) is 0 Å². The van der Waals surface area contributed by atoms with Crippen molar-refractivity contribution in [3.8, 4) is 11.5 Å². The van der Waals surface area contributed by atoms with Crippen molar-refractivity contribution in [1.82, 2.24) is 0 Å². The highest BCUT2D eigenvalue weighted by Gasteiger charge is 2.35. The zero-order valence-corrected chi connectivity index (χ0v) is 24.0. The van der Waals surface area contributed by atoms with Crippen LogP contribution in [0.2, 0.25) is 5.79 Å². The normalized spacial score (nSPS) is 13.2. The van der Waals surface area contributed by atoms with Crippen LogP contribution in [0.1, 0.15) is 105 Å². The molecule has 0 heterocycles. The molecule has 0 radical (unpaired) electrons. The molecule has 0 saturated carbocycles. The lowest BCUT2D eigenvalue weighted by Gasteiger charge is -2.33. The molecule has 3 heteroatoms. The molecular formula is C29H45AlO2. The second-order valence-electron chi connectivity index (χ2n) is 13.2. The van der Waals surface area contributed by atoms with Crippen molar-refractivity contribution in [3.63, 3.8) is 0 Å². The summed E-state index contributed by atoms with van der Waals surface area (Å²) in [6.07, 6.45) is 0. The first-order valence-corrected chi connectivity index (χ1v) is 14.0. The summed E-state index contributed by atoms with van der Waals surface area (Å²) in [7, 11) is 0. The summed E-state index contributed by atoms with van der Waals surface area (Å²) < 4.78 is 13.6. The van der Waals surface area contributed by atoms with Gasteiger partial charge in [-0.15, -0.1) is 0 Å². The fourth-order valence-corrected chi connectivity index (χ4v) is 5.27. The van der Waals surface area contributed by atoms with Crippen molar-refractivity contribution in [1.29, 1.82) is 0 Å². The van der Waals surface area contributed by atoms with Crippen LogP contribution < -0.4 is 7.58 Å². The molecule has 0 aliphatic heterocycles. The van der Waals surface area contributed by atoms with Gasteiger partial charge in [-0.3, -0.25) is 0 Å². The van der Waals surface area contributed by atoms with Gasteiger partial charge in [0.1, 0.15) is 0 Å². The summed E-state index contributed by atoms with van der Waals surface area (Å²) in [5.41, 5.74) is 4.94. The average Bonchev–Trinajstić information content (AvgIpc) is 2.58. The summed E-state index contributed by atoms with van der Waals surface area (Å²) in [5, 5.41) is 0. The topological polar surface area (TPSA) is 18.5 Å². The number of para-hydroxylation sites is 2. The molecule has 0 saturated heterocycles. The standard InChI is InChI=1S/2C14H22O.CH3.Al/c2*1-13(2,3)10-8-7-9-11(12(10)15)14(4,5)6;;/h2*7-9,15H,1-6H3;1H3;/q;;;+2/p-2. The Labute approximate surface area is 202 Å². The predicted molar refractivity (Wildman–Crippen MR) is 141 cm³/mol. The van der Waals surface area contributed by atoms with Gasteiger partial charge in [-0.2, -0.15) is 0 Å². The minimum atomic E-state index is -2.06. The van der Waals surface area contributed by atoms with E-state index in [-0.39, 0.29) is 21.7 Å². The molecule has 0 atom stereocenters. The Balaban J connectivity index is 2.57. The number of hydrogen-bond donors (Lipinski definition) is 0. The van der Waals surface area contributed by atoms with Gasteiger partial charge in [0.2, 0.25) is 0 Å². The van der Waals surface area contributed by atoms with E-state index in [9.17, 15) is 0 Å². The first-order valence-electron chi connectivity index (χ1n) is 11.9. The van der Waals surface area contributed by atoms with E-state index >= 15 is 0 Å². The quantitative estimate of drug-likeness (QED) is 0.433. The molecule has 0 bridgehead atoms. The Morgan fingerprint density at radius 2 is 0.688 bits per heavy atom. The molecule has 0 fully saturated rings. The molecule has 176 valence electrons. The molecule has 2 aromatic rings. The molecule has 2 rings (SSSR count). The van der Waals surface area contributed by atoms with Crippen LogP contribution in [0.4, 0.5) is 0 Å². The van der Waals surface area contributed by atoms with Crippen molar-refractivity contribution in [2.75, 3.05) is 0 Å². The van der Waals surface area contributed by atoms with E-state index in [1.54, 1.807) is 0 Å². The van der Waals surface area contributed by atoms with E-state index in [1.807, 2.05) is 0 Å². The van der Waals surface area contributed by atoms with Crippen LogP contribution >= 0.6 is 0 Å². The molecule has 0 spiro atoms. The Hall–Kier alpha value is -1.43. The second kappa shape index (κ2) is 9.08. The van der Waals surface area contributed by atoms with Gasteiger partial charge in [0.05, 0.1) is 11.5 Å². The van der Waals surface area contributed by atoms with E-state index in [4.69, 9.17) is 7.58 Å². The largest absolute Gasteiger partial charge is 0.853 e. The fraction of sp³-hybridized carbons (Fsp3) is 0.586. The molecule has 0 aliphatic rings. The lowest BCUT2D eigenvalue weighted by atomic mass is 9.79. The summed E-state index contributed by atoms with van der Waals surface area (Å²) in [4.78, 5) is 0. The Kier molecular flexibility index (Phi) is 7.61. The van der Waals surface area contributed by atoms with Crippen LogP contribution in [0.25, 0.3) is 0 Å². The van der Waals surface area contributed by atoms with Crippen LogP contribution in [-0.4, -0.2) is 14.8 Å². The van der Waals surface area contributed by atoms with E-state index in [1.165, 1.54) is 22.3 Å². The van der Waals surface area contributed by atoms with Crippen molar-refractivity contribution in [3.05, 3.63) is 58.7 Å². The lowest BCUT2D eigenvalue weighted by Crippen LogP contribution is -2.32. The van der Waals surface area contributed by atoms with Crippen LogP contribution in [-0.2, 0) is 21.7 Å². The van der Waals surface area contributed by atoms with Crippen molar-refractivity contribution in [2.45, 2.75) is 111 Å². The van der Waals surface area contributed by atoms with E-state index in [0.717, 1.165) is 11.5 Å². The number of rotatable bonds is 4. The van der Waals surface area contributed by atoms with E-state index < -0.39 is 14.8 Å². The number of hydrogen-bond acceptors (Lipinski definition) is 2. The molecule has 0 unspecified atom stereocenters. The maximum absolute atomic E-state index is 6.79. The highest BCUT2D eigenvalue weighted by Crippen LogP contribution is 2.42. The smallest absolute Gasteiger partial charge is 0.611 e. The fourth-order valence-electron chi connectivity index (χ4n) is 4.05. The monoisotopic (exact) mass is 452 g/mol.